The van der Waals surface area contributed by atoms with E-state index in [0.717, 1.165) is 54.9 Å². The molecule has 0 aliphatic carbocycles. The number of para-hydroxylation sites is 1. The van der Waals surface area contributed by atoms with Crippen molar-refractivity contribution in [1.82, 2.24) is 14.5 Å². The monoisotopic (exact) mass is 706 g/mol. The molecule has 0 saturated heterocycles. The summed E-state index contributed by atoms with van der Waals surface area (Å²) < 4.78 is 8.35. The molecule has 0 aliphatic heterocycles. The minimum atomic E-state index is 0. The van der Waals surface area contributed by atoms with E-state index >= 15 is 0 Å². The van der Waals surface area contributed by atoms with Gasteiger partial charge in [0, 0.05) is 40.5 Å². The number of aromatic nitrogens is 3. The molecule has 0 fully saturated rings. The molecule has 4 nitrogen and oxygen atoms in total. The molecule has 0 aliphatic rings. The molecule has 0 atom stereocenters. The van der Waals surface area contributed by atoms with Crippen molar-refractivity contribution in [2.24, 2.45) is 0 Å². The van der Waals surface area contributed by atoms with E-state index < -0.39 is 0 Å². The fraction of sp³-hybridized carbons (Fsp3) is 0. The summed E-state index contributed by atoms with van der Waals surface area (Å²) in [7, 11) is 0. The number of nitrogens with zero attached hydrogens (tertiary/aromatic N) is 3. The van der Waals surface area contributed by atoms with Gasteiger partial charge in [0.1, 0.15) is 5.82 Å². The molecule has 3 aromatic heterocycles. The van der Waals surface area contributed by atoms with Crippen LogP contribution in [0.3, 0.4) is 0 Å². The van der Waals surface area contributed by atoms with Crippen molar-refractivity contribution in [3.05, 3.63) is 140 Å². The van der Waals surface area contributed by atoms with E-state index in [9.17, 15) is 0 Å². The fourth-order valence-electron chi connectivity index (χ4n) is 5.45. The van der Waals surface area contributed by atoms with Gasteiger partial charge in [0.15, 0.2) is 0 Å². The van der Waals surface area contributed by atoms with Gasteiger partial charge >= 0.3 is 21.1 Å². The number of hydrogen-bond donors (Lipinski definition) is 0. The smallest absolute Gasteiger partial charge is 0.460 e. The number of ether oxygens (including phenoxy) is 1. The van der Waals surface area contributed by atoms with Crippen LogP contribution in [0, 0.1) is 12.1 Å². The third-order valence-electron chi connectivity index (χ3n) is 7.33. The fourth-order valence-corrected chi connectivity index (χ4v) is 5.45. The van der Waals surface area contributed by atoms with Crippen LogP contribution < -0.4 is 4.74 Å². The molecule has 3 heterocycles. The van der Waals surface area contributed by atoms with Crippen molar-refractivity contribution in [1.29, 1.82) is 0 Å². The number of rotatable bonds is 4. The van der Waals surface area contributed by atoms with Crippen molar-refractivity contribution in [3.8, 4) is 28.6 Å². The van der Waals surface area contributed by atoms with Crippen molar-refractivity contribution in [2.75, 3.05) is 0 Å². The standard InChI is InChI=1S/C36H21N3O.Pt/c1-2-10-28-23-38-35(22-26(28)9-1)40-29-12-7-11-25(20-29)27-16-17-32-31-14-5-6-15-33(31)39(34(32)21-27)36-30-13-4-3-8-24(30)18-19-37-36;/h1-19,22-23H;/q-2;+2. The van der Waals surface area contributed by atoms with Gasteiger partial charge < -0.3 is 9.30 Å². The molecule has 8 rings (SSSR count). The summed E-state index contributed by atoms with van der Waals surface area (Å²) in [6, 6.07) is 46.2. The summed E-state index contributed by atoms with van der Waals surface area (Å²) in [5, 5.41) is 6.69. The first-order valence-corrected chi connectivity index (χ1v) is 13.2. The molecular weight excluding hydrogens is 685 g/mol. The van der Waals surface area contributed by atoms with Crippen molar-refractivity contribution < 1.29 is 25.8 Å². The van der Waals surface area contributed by atoms with E-state index in [-0.39, 0.29) is 21.1 Å². The minimum Gasteiger partial charge on any atom is -0.460 e. The molecule has 0 N–H and O–H groups in total. The van der Waals surface area contributed by atoms with E-state index in [1.807, 2.05) is 60.9 Å². The van der Waals surface area contributed by atoms with Crippen LogP contribution in [0.2, 0.25) is 0 Å². The molecular formula is C36H21N3OPt. The third kappa shape index (κ3) is 4.37. The predicted octanol–water partition coefficient (Wildman–Crippen LogP) is 8.94. The van der Waals surface area contributed by atoms with Crippen LogP contribution in [0.4, 0.5) is 0 Å². The minimum absolute atomic E-state index is 0. The normalized spacial score (nSPS) is 11.2. The van der Waals surface area contributed by atoms with Gasteiger partial charge in [0.25, 0.3) is 0 Å². The van der Waals surface area contributed by atoms with Gasteiger partial charge in [0.2, 0.25) is 5.88 Å². The van der Waals surface area contributed by atoms with Gasteiger partial charge in [-0.15, -0.1) is 18.2 Å². The zero-order valence-electron chi connectivity index (χ0n) is 21.7. The number of hydrogen-bond acceptors (Lipinski definition) is 3. The topological polar surface area (TPSA) is 39.9 Å². The predicted molar refractivity (Wildman–Crippen MR) is 161 cm³/mol. The largest absolute Gasteiger partial charge is 2.00 e. The third-order valence-corrected chi connectivity index (χ3v) is 7.33. The molecule has 0 unspecified atom stereocenters. The Labute approximate surface area is 251 Å². The maximum atomic E-state index is 6.13. The van der Waals surface area contributed by atoms with Gasteiger partial charge in [0.05, 0.1) is 0 Å². The maximum Gasteiger partial charge on any atom is 2.00 e. The molecule has 5 heteroatoms. The van der Waals surface area contributed by atoms with Crippen LogP contribution >= 0.6 is 0 Å². The Morgan fingerprint density at radius 3 is 2.24 bits per heavy atom. The average Bonchev–Trinajstić information content (AvgIpc) is 3.34. The Balaban J connectivity index is 0.00000276. The van der Waals surface area contributed by atoms with E-state index in [1.165, 1.54) is 5.39 Å². The number of benzene rings is 5. The SMILES string of the molecule is [Pt+2].[c-]1c(Oc2cc3ccccc3cn2)cccc1-c1[c-]c2c(cc1)c1ccccc1n2-c1nccc2ccccc12. The zero-order valence-corrected chi connectivity index (χ0v) is 24.0. The van der Waals surface area contributed by atoms with Crippen LogP contribution in [0.5, 0.6) is 11.6 Å². The molecule has 0 amide bonds. The quantitative estimate of drug-likeness (QED) is 0.172. The molecule has 5 aromatic carbocycles. The van der Waals surface area contributed by atoms with Crippen LogP contribution in [0.1, 0.15) is 0 Å². The number of pyridine rings is 2. The molecule has 0 saturated carbocycles. The van der Waals surface area contributed by atoms with Gasteiger partial charge in [-0.25, -0.2) is 21.1 Å². The van der Waals surface area contributed by atoms with Crippen LogP contribution in [-0.2, 0) is 21.1 Å². The van der Waals surface area contributed by atoms with Crippen LogP contribution in [-0.4, -0.2) is 14.5 Å². The van der Waals surface area contributed by atoms with Crippen LogP contribution in [0.25, 0.3) is 60.3 Å². The Bertz CT molecular complexity index is 2210. The summed E-state index contributed by atoms with van der Waals surface area (Å²) in [6.45, 7) is 0. The van der Waals surface area contributed by atoms with Gasteiger partial charge in [-0.2, -0.15) is 24.3 Å². The first kappa shape index (κ1) is 25.2. The van der Waals surface area contributed by atoms with Gasteiger partial charge in [-0.05, 0) is 33.8 Å². The summed E-state index contributed by atoms with van der Waals surface area (Å²) in [5.74, 6) is 2.03. The first-order chi connectivity index (χ1) is 19.8. The second kappa shape index (κ2) is 10.3. The summed E-state index contributed by atoms with van der Waals surface area (Å²) in [5.41, 5.74) is 3.88. The van der Waals surface area contributed by atoms with Gasteiger partial charge in [-0.1, -0.05) is 72.1 Å². The van der Waals surface area contributed by atoms with E-state index in [2.05, 4.69) is 88.4 Å². The maximum absolute atomic E-state index is 6.13. The number of fused-ring (bicyclic) bond motifs is 5. The summed E-state index contributed by atoms with van der Waals surface area (Å²) in [4.78, 5) is 9.32. The molecule has 0 radical (unpaired) electrons. The molecule has 41 heavy (non-hydrogen) atoms. The Kier molecular flexibility index (Phi) is 6.34. The van der Waals surface area contributed by atoms with Gasteiger partial charge in [-0.3, -0.25) is 0 Å². The molecule has 196 valence electrons. The van der Waals surface area contributed by atoms with Crippen molar-refractivity contribution in [3.63, 3.8) is 0 Å². The second-order valence-electron chi connectivity index (χ2n) is 9.74. The molecule has 8 aromatic rings. The summed E-state index contributed by atoms with van der Waals surface area (Å²) in [6.07, 6.45) is 3.70. The zero-order chi connectivity index (χ0) is 26.5. The van der Waals surface area contributed by atoms with Crippen molar-refractivity contribution >= 4 is 43.4 Å². The average molecular weight is 707 g/mol. The van der Waals surface area contributed by atoms with E-state index in [1.54, 1.807) is 0 Å². The Hall–Kier alpha value is -4.79. The molecule has 0 bridgehead atoms. The van der Waals surface area contributed by atoms with Crippen molar-refractivity contribution in [2.45, 2.75) is 0 Å². The van der Waals surface area contributed by atoms with E-state index in [4.69, 9.17) is 9.72 Å². The first-order valence-electron chi connectivity index (χ1n) is 13.2. The van der Waals surface area contributed by atoms with Crippen LogP contribution in [0.15, 0.2) is 128 Å². The Morgan fingerprint density at radius 2 is 1.34 bits per heavy atom. The molecule has 0 spiro atoms. The second-order valence-corrected chi connectivity index (χ2v) is 9.74. The van der Waals surface area contributed by atoms with E-state index in [0.29, 0.717) is 11.6 Å². The Morgan fingerprint density at radius 1 is 0.585 bits per heavy atom. The summed E-state index contributed by atoms with van der Waals surface area (Å²) >= 11 is 0.